The van der Waals surface area contributed by atoms with Crippen molar-refractivity contribution in [2.45, 2.75) is 25.3 Å². The molecule has 0 aliphatic carbocycles. The highest BCUT2D eigenvalue weighted by molar-refractivity contribution is 7.92. The smallest absolute Gasteiger partial charge is 0.261 e. The van der Waals surface area contributed by atoms with Gasteiger partial charge < -0.3 is 5.32 Å². The van der Waals surface area contributed by atoms with Crippen molar-refractivity contribution in [1.82, 2.24) is 10.3 Å². The Morgan fingerprint density at radius 3 is 2.57 bits per heavy atom. The first-order valence-corrected chi connectivity index (χ1v) is 10.2. The van der Waals surface area contributed by atoms with Crippen molar-refractivity contribution in [2.75, 3.05) is 4.72 Å². The highest BCUT2D eigenvalue weighted by Gasteiger charge is 2.17. The number of sulfonamides is 1. The van der Waals surface area contributed by atoms with E-state index in [9.17, 15) is 13.2 Å². The van der Waals surface area contributed by atoms with Crippen molar-refractivity contribution in [3.8, 4) is 0 Å². The second-order valence-electron chi connectivity index (χ2n) is 6.42. The molecule has 1 amide bonds. The van der Waals surface area contributed by atoms with Crippen LogP contribution in [0.4, 0.5) is 5.69 Å². The normalized spacial score (nSPS) is 11.1. The van der Waals surface area contributed by atoms with Gasteiger partial charge in [0.05, 0.1) is 10.6 Å². The van der Waals surface area contributed by atoms with Crippen LogP contribution in [0.15, 0.2) is 71.9 Å². The minimum Gasteiger partial charge on any atom is -0.348 e. The van der Waals surface area contributed by atoms with E-state index in [4.69, 9.17) is 0 Å². The number of nitrogens with zero attached hydrogens (tertiary/aromatic N) is 1. The van der Waals surface area contributed by atoms with Crippen LogP contribution in [0.3, 0.4) is 0 Å². The minimum absolute atomic E-state index is 0.0300. The fourth-order valence-electron chi connectivity index (χ4n) is 2.66. The number of amides is 1. The van der Waals surface area contributed by atoms with Crippen molar-refractivity contribution in [2.24, 2.45) is 0 Å². The van der Waals surface area contributed by atoms with Crippen molar-refractivity contribution in [1.29, 1.82) is 0 Å². The van der Waals surface area contributed by atoms with E-state index in [0.717, 1.165) is 16.7 Å². The summed E-state index contributed by atoms with van der Waals surface area (Å²) in [6.07, 6.45) is 3.32. The van der Waals surface area contributed by atoms with Gasteiger partial charge in [0.25, 0.3) is 15.9 Å². The molecule has 0 spiro atoms. The third-order valence-corrected chi connectivity index (χ3v) is 5.79. The highest BCUT2D eigenvalue weighted by atomic mass is 32.2. The maximum absolute atomic E-state index is 12.8. The largest absolute Gasteiger partial charge is 0.348 e. The molecule has 6 nitrogen and oxygen atoms in total. The topological polar surface area (TPSA) is 88.2 Å². The summed E-state index contributed by atoms with van der Waals surface area (Å²) in [6, 6.07) is 15.0. The van der Waals surface area contributed by atoms with Crippen LogP contribution >= 0.6 is 0 Å². The monoisotopic (exact) mass is 395 g/mol. The molecule has 28 heavy (non-hydrogen) atoms. The number of anilines is 1. The van der Waals surface area contributed by atoms with Gasteiger partial charge in [-0.3, -0.25) is 14.5 Å². The summed E-state index contributed by atoms with van der Waals surface area (Å²) in [6.45, 7) is 4.08. The van der Waals surface area contributed by atoms with Gasteiger partial charge in [-0.2, -0.15) is 0 Å². The van der Waals surface area contributed by atoms with Crippen LogP contribution in [0.5, 0.6) is 0 Å². The molecule has 0 aliphatic rings. The summed E-state index contributed by atoms with van der Waals surface area (Å²) in [5.41, 5.74) is 3.50. The van der Waals surface area contributed by atoms with E-state index in [1.807, 2.05) is 26.0 Å². The number of hydrogen-bond donors (Lipinski definition) is 2. The molecule has 1 heterocycles. The molecule has 3 aromatic rings. The van der Waals surface area contributed by atoms with Gasteiger partial charge in [-0.05, 0) is 60.9 Å². The van der Waals surface area contributed by atoms with E-state index in [1.54, 1.807) is 42.7 Å². The average Bonchev–Trinajstić information content (AvgIpc) is 2.70. The first-order valence-electron chi connectivity index (χ1n) is 8.73. The first kappa shape index (κ1) is 19.6. The maximum atomic E-state index is 12.8. The Hall–Kier alpha value is -3.19. The van der Waals surface area contributed by atoms with E-state index in [0.29, 0.717) is 12.2 Å². The molecular formula is C21H21N3O3S. The number of aryl methyl sites for hydroxylation is 1. The number of nitrogens with one attached hydrogen (secondary N) is 2. The zero-order valence-corrected chi connectivity index (χ0v) is 16.5. The molecule has 2 aromatic carbocycles. The average molecular weight is 395 g/mol. The number of rotatable bonds is 6. The lowest BCUT2D eigenvalue weighted by Crippen LogP contribution is -2.23. The zero-order chi connectivity index (χ0) is 20.1. The number of hydrogen-bond acceptors (Lipinski definition) is 4. The Morgan fingerprint density at radius 1 is 1.04 bits per heavy atom. The molecule has 144 valence electrons. The Morgan fingerprint density at radius 2 is 1.82 bits per heavy atom. The minimum atomic E-state index is -3.82. The standard InChI is InChI=1S/C21H21N3O3S/c1-15-6-3-10-20(16(15)2)24-28(26,27)19-9-4-8-18(12-19)21(25)23-14-17-7-5-11-22-13-17/h3-13,24H,14H2,1-2H3,(H,23,25). The number of pyridine rings is 1. The van der Waals surface area contributed by atoms with Gasteiger partial charge in [0.1, 0.15) is 0 Å². The number of aromatic nitrogens is 1. The molecule has 0 saturated carbocycles. The van der Waals surface area contributed by atoms with Gasteiger partial charge in [-0.25, -0.2) is 8.42 Å². The van der Waals surface area contributed by atoms with E-state index in [1.165, 1.54) is 12.1 Å². The lowest BCUT2D eigenvalue weighted by atomic mass is 10.1. The predicted molar refractivity (Wildman–Crippen MR) is 109 cm³/mol. The zero-order valence-electron chi connectivity index (χ0n) is 15.6. The third-order valence-electron chi connectivity index (χ3n) is 4.43. The Kier molecular flexibility index (Phi) is 5.75. The van der Waals surface area contributed by atoms with Crippen LogP contribution in [0, 0.1) is 13.8 Å². The second kappa shape index (κ2) is 8.22. The van der Waals surface area contributed by atoms with E-state index < -0.39 is 10.0 Å². The quantitative estimate of drug-likeness (QED) is 0.669. The van der Waals surface area contributed by atoms with Gasteiger partial charge in [0.15, 0.2) is 0 Å². The van der Waals surface area contributed by atoms with Crippen LogP contribution in [0.2, 0.25) is 0 Å². The van der Waals surface area contributed by atoms with Gasteiger partial charge in [0.2, 0.25) is 0 Å². The highest BCUT2D eigenvalue weighted by Crippen LogP contribution is 2.22. The van der Waals surface area contributed by atoms with Gasteiger partial charge in [-0.1, -0.05) is 24.3 Å². The summed E-state index contributed by atoms with van der Waals surface area (Å²) >= 11 is 0. The summed E-state index contributed by atoms with van der Waals surface area (Å²) < 4.78 is 28.1. The van der Waals surface area contributed by atoms with Crippen LogP contribution in [-0.2, 0) is 16.6 Å². The van der Waals surface area contributed by atoms with Gasteiger partial charge in [-0.15, -0.1) is 0 Å². The fourth-order valence-corrected chi connectivity index (χ4v) is 3.83. The van der Waals surface area contributed by atoms with Crippen molar-refractivity contribution in [3.05, 3.63) is 89.2 Å². The van der Waals surface area contributed by atoms with Crippen LogP contribution in [0.25, 0.3) is 0 Å². The van der Waals surface area contributed by atoms with Crippen molar-refractivity contribution >= 4 is 21.6 Å². The molecule has 0 radical (unpaired) electrons. The molecule has 0 fully saturated rings. The first-order chi connectivity index (χ1) is 13.4. The van der Waals surface area contributed by atoms with Crippen LogP contribution in [-0.4, -0.2) is 19.3 Å². The lowest BCUT2D eigenvalue weighted by molar-refractivity contribution is 0.0950. The fraction of sp³-hybridized carbons (Fsp3) is 0.143. The van der Waals surface area contributed by atoms with Gasteiger partial charge in [0, 0.05) is 24.5 Å². The third kappa shape index (κ3) is 4.55. The van der Waals surface area contributed by atoms with E-state index >= 15 is 0 Å². The number of benzene rings is 2. The van der Waals surface area contributed by atoms with E-state index in [-0.39, 0.29) is 16.4 Å². The van der Waals surface area contributed by atoms with Crippen molar-refractivity contribution < 1.29 is 13.2 Å². The van der Waals surface area contributed by atoms with Crippen molar-refractivity contribution in [3.63, 3.8) is 0 Å². The molecule has 0 bridgehead atoms. The molecule has 0 unspecified atom stereocenters. The summed E-state index contributed by atoms with van der Waals surface area (Å²) in [5.74, 6) is -0.354. The van der Waals surface area contributed by atoms with E-state index in [2.05, 4.69) is 15.0 Å². The molecule has 1 aromatic heterocycles. The Balaban J connectivity index is 1.78. The Labute approximate surface area is 164 Å². The molecule has 0 saturated heterocycles. The lowest BCUT2D eigenvalue weighted by Gasteiger charge is -2.13. The molecule has 7 heteroatoms. The second-order valence-corrected chi connectivity index (χ2v) is 8.11. The molecule has 0 aliphatic heterocycles. The molecule has 2 N–H and O–H groups in total. The van der Waals surface area contributed by atoms with Crippen LogP contribution < -0.4 is 10.0 Å². The molecule has 0 atom stereocenters. The maximum Gasteiger partial charge on any atom is 0.261 e. The van der Waals surface area contributed by atoms with Crippen LogP contribution in [0.1, 0.15) is 27.0 Å². The number of carbonyl (C=O) groups excluding carboxylic acids is 1. The summed E-state index contributed by atoms with van der Waals surface area (Å²) in [7, 11) is -3.82. The SMILES string of the molecule is Cc1cccc(NS(=O)(=O)c2cccc(C(=O)NCc3cccnc3)c2)c1C. The molecular weight excluding hydrogens is 374 g/mol. The number of carbonyl (C=O) groups is 1. The summed E-state index contributed by atoms with van der Waals surface area (Å²) in [4.78, 5) is 16.4. The molecule has 3 rings (SSSR count). The Bertz CT molecular complexity index is 1100. The predicted octanol–water partition coefficient (Wildman–Crippen LogP) is 3.43. The van der Waals surface area contributed by atoms with Gasteiger partial charge >= 0.3 is 0 Å². The summed E-state index contributed by atoms with van der Waals surface area (Å²) in [5, 5.41) is 2.77.